The smallest absolute Gasteiger partial charge is 0.259 e. The minimum absolute atomic E-state index is 0.104. The van der Waals surface area contributed by atoms with Gasteiger partial charge in [0.1, 0.15) is 0 Å². The van der Waals surface area contributed by atoms with Gasteiger partial charge in [-0.3, -0.25) is 9.59 Å². The van der Waals surface area contributed by atoms with Crippen molar-refractivity contribution in [2.45, 2.75) is 22.9 Å². The first-order valence-corrected chi connectivity index (χ1v) is 12.4. The summed E-state index contributed by atoms with van der Waals surface area (Å²) in [4.78, 5) is 31.2. The maximum Gasteiger partial charge on any atom is 0.259 e. The van der Waals surface area contributed by atoms with Gasteiger partial charge in [-0.25, -0.2) is 0 Å². The molecule has 0 saturated heterocycles. The molecule has 0 atom stereocenters. The van der Waals surface area contributed by atoms with Crippen LogP contribution in [0.4, 0.5) is 5.69 Å². The number of halogens is 1. The van der Waals surface area contributed by atoms with Crippen LogP contribution in [0, 0.1) is 0 Å². The summed E-state index contributed by atoms with van der Waals surface area (Å²) in [6, 6.07) is 24.6. The minimum Gasteiger partial charge on any atom is -0.347 e. The Kier molecular flexibility index (Phi) is 6.22. The maximum atomic E-state index is 13.6. The number of nitrogens with one attached hydrogen (secondary N) is 1. The van der Waals surface area contributed by atoms with Crippen LogP contribution < -0.4 is 10.2 Å². The number of benzene rings is 3. The van der Waals surface area contributed by atoms with Gasteiger partial charge in [0.05, 0.1) is 24.3 Å². The molecule has 5 rings (SSSR count). The van der Waals surface area contributed by atoms with Gasteiger partial charge in [0.25, 0.3) is 11.8 Å². The Labute approximate surface area is 205 Å². The van der Waals surface area contributed by atoms with E-state index in [0.717, 1.165) is 20.2 Å². The third-order valence-corrected chi connectivity index (χ3v) is 7.58. The highest BCUT2D eigenvalue weighted by atomic mass is 35.5. The van der Waals surface area contributed by atoms with E-state index >= 15 is 0 Å². The number of anilines is 1. The number of carbonyl (C=O) groups is 2. The number of hydrogen-bond acceptors (Lipinski definition) is 4. The topological polar surface area (TPSA) is 49.4 Å². The van der Waals surface area contributed by atoms with Crippen LogP contribution in [-0.4, -0.2) is 11.8 Å². The molecule has 2 amide bonds. The van der Waals surface area contributed by atoms with Crippen molar-refractivity contribution in [3.05, 3.63) is 111 Å². The molecule has 0 saturated carbocycles. The monoisotopic (exact) mass is 490 g/mol. The highest BCUT2D eigenvalue weighted by Crippen LogP contribution is 2.42. The fraction of sp³-hybridized carbons (Fsp3) is 0.0769. The summed E-state index contributed by atoms with van der Waals surface area (Å²) < 4.78 is 0. The summed E-state index contributed by atoms with van der Waals surface area (Å²) >= 11 is 9.33. The third-order valence-electron chi connectivity index (χ3n) is 5.33. The summed E-state index contributed by atoms with van der Waals surface area (Å²) in [6.45, 7) is 0.820. The van der Waals surface area contributed by atoms with E-state index in [-0.39, 0.29) is 11.8 Å². The average molecular weight is 491 g/mol. The number of amides is 2. The van der Waals surface area contributed by atoms with Gasteiger partial charge in [-0.1, -0.05) is 53.7 Å². The lowest BCUT2D eigenvalue weighted by molar-refractivity contribution is 0.0947. The Morgan fingerprint density at radius 2 is 1.82 bits per heavy atom. The normalized spacial score (nSPS) is 12.6. The second kappa shape index (κ2) is 9.43. The lowest BCUT2D eigenvalue weighted by atomic mass is 10.1. The van der Waals surface area contributed by atoms with E-state index in [2.05, 4.69) is 5.32 Å². The number of fused-ring (bicyclic) bond motifs is 2. The maximum absolute atomic E-state index is 13.6. The van der Waals surface area contributed by atoms with Crippen LogP contribution in [0.15, 0.2) is 94.0 Å². The first kappa shape index (κ1) is 21.8. The van der Waals surface area contributed by atoms with Crippen LogP contribution in [0.25, 0.3) is 0 Å². The van der Waals surface area contributed by atoms with Crippen molar-refractivity contribution in [3.63, 3.8) is 0 Å². The molecule has 0 spiro atoms. The van der Waals surface area contributed by atoms with Gasteiger partial charge >= 0.3 is 0 Å². The molecule has 0 bridgehead atoms. The van der Waals surface area contributed by atoms with Gasteiger partial charge in [-0.05, 0) is 59.5 Å². The van der Waals surface area contributed by atoms with Crippen LogP contribution in [-0.2, 0) is 13.1 Å². The summed E-state index contributed by atoms with van der Waals surface area (Å²) in [5.74, 6) is -0.277. The quantitative estimate of drug-likeness (QED) is 0.341. The van der Waals surface area contributed by atoms with Gasteiger partial charge in [0, 0.05) is 25.3 Å². The van der Waals surface area contributed by atoms with E-state index in [0.29, 0.717) is 34.9 Å². The number of hydrogen-bond donors (Lipinski definition) is 1. The molecule has 0 fully saturated rings. The van der Waals surface area contributed by atoms with Crippen LogP contribution in [0.1, 0.15) is 31.2 Å². The van der Waals surface area contributed by atoms with E-state index < -0.39 is 0 Å². The zero-order valence-electron chi connectivity index (χ0n) is 17.5. The third kappa shape index (κ3) is 4.69. The molecule has 0 aliphatic carbocycles. The molecular formula is C26H19ClN2O2S2. The van der Waals surface area contributed by atoms with Crippen LogP contribution in [0.3, 0.4) is 0 Å². The Balaban J connectivity index is 1.52. The zero-order valence-corrected chi connectivity index (χ0v) is 19.8. The van der Waals surface area contributed by atoms with Crippen molar-refractivity contribution in [2.75, 3.05) is 4.90 Å². The largest absolute Gasteiger partial charge is 0.347 e. The molecule has 7 heteroatoms. The molecule has 1 aromatic heterocycles. The highest BCUT2D eigenvalue weighted by molar-refractivity contribution is 7.99. The van der Waals surface area contributed by atoms with Crippen molar-refractivity contribution >= 4 is 52.2 Å². The van der Waals surface area contributed by atoms with E-state index in [4.69, 9.17) is 11.6 Å². The summed E-state index contributed by atoms with van der Waals surface area (Å²) in [5, 5.41) is 5.57. The van der Waals surface area contributed by atoms with Gasteiger partial charge in [-0.2, -0.15) is 0 Å². The van der Waals surface area contributed by atoms with E-state index in [1.54, 1.807) is 22.3 Å². The first-order valence-electron chi connectivity index (χ1n) is 10.4. The standard InChI is InChI=1S/C26H19ClN2O2S2/c27-19-6-3-5-17(13-19)16-29-22-14-18(25(30)28-15-20-7-4-12-32-20)10-11-24(22)33-23-9-2-1-8-21(23)26(29)31/h1-14H,15-16H2,(H,28,30). The summed E-state index contributed by atoms with van der Waals surface area (Å²) in [5.41, 5.74) is 2.79. The highest BCUT2D eigenvalue weighted by Gasteiger charge is 2.28. The molecule has 1 N–H and O–H groups in total. The van der Waals surface area contributed by atoms with Gasteiger partial charge in [-0.15, -0.1) is 11.3 Å². The van der Waals surface area contributed by atoms with Crippen LogP contribution >= 0.6 is 34.7 Å². The Hall–Kier alpha value is -3.06. The Morgan fingerprint density at radius 3 is 2.64 bits per heavy atom. The molecule has 1 aliphatic rings. The second-order valence-electron chi connectivity index (χ2n) is 7.56. The molecule has 2 heterocycles. The lowest BCUT2D eigenvalue weighted by Crippen LogP contribution is -2.31. The molecule has 0 unspecified atom stereocenters. The van der Waals surface area contributed by atoms with Crippen molar-refractivity contribution in [1.29, 1.82) is 0 Å². The van der Waals surface area contributed by atoms with Crippen LogP contribution in [0.5, 0.6) is 0 Å². The van der Waals surface area contributed by atoms with E-state index in [1.807, 2.05) is 78.2 Å². The second-order valence-corrected chi connectivity index (χ2v) is 10.1. The van der Waals surface area contributed by atoms with Crippen LogP contribution in [0.2, 0.25) is 5.02 Å². The molecule has 164 valence electrons. The van der Waals surface area contributed by atoms with Crippen molar-refractivity contribution in [3.8, 4) is 0 Å². The number of thiophene rings is 1. The fourth-order valence-corrected chi connectivity index (χ4v) is 5.63. The van der Waals surface area contributed by atoms with E-state index in [9.17, 15) is 9.59 Å². The first-order chi connectivity index (χ1) is 16.1. The van der Waals surface area contributed by atoms with Crippen molar-refractivity contribution in [1.82, 2.24) is 5.32 Å². The minimum atomic E-state index is -0.173. The molecule has 1 aliphatic heterocycles. The number of rotatable bonds is 5. The van der Waals surface area contributed by atoms with E-state index in [1.165, 1.54) is 11.8 Å². The SMILES string of the molecule is O=C(NCc1cccs1)c1ccc2c(c1)N(Cc1cccc(Cl)c1)C(=O)c1ccccc1S2. The molecular weight excluding hydrogens is 472 g/mol. The average Bonchev–Trinajstić information content (AvgIpc) is 3.31. The molecule has 3 aromatic carbocycles. The van der Waals surface area contributed by atoms with Crippen molar-refractivity contribution < 1.29 is 9.59 Å². The van der Waals surface area contributed by atoms with Gasteiger partial charge in [0.2, 0.25) is 0 Å². The van der Waals surface area contributed by atoms with Gasteiger partial charge < -0.3 is 10.2 Å². The number of nitrogens with zero attached hydrogens (tertiary/aromatic N) is 1. The molecule has 4 nitrogen and oxygen atoms in total. The predicted molar refractivity (Wildman–Crippen MR) is 134 cm³/mol. The van der Waals surface area contributed by atoms with Crippen molar-refractivity contribution in [2.24, 2.45) is 0 Å². The molecule has 0 radical (unpaired) electrons. The van der Waals surface area contributed by atoms with Gasteiger partial charge in [0.15, 0.2) is 0 Å². The fourth-order valence-electron chi connectivity index (χ4n) is 3.72. The molecule has 4 aromatic rings. The summed E-state index contributed by atoms with van der Waals surface area (Å²) in [7, 11) is 0. The zero-order chi connectivity index (χ0) is 22.8. The summed E-state index contributed by atoms with van der Waals surface area (Å²) in [6.07, 6.45) is 0. The number of carbonyl (C=O) groups excluding carboxylic acids is 2. The molecule has 33 heavy (non-hydrogen) atoms. The Morgan fingerprint density at radius 1 is 0.939 bits per heavy atom. The predicted octanol–water partition coefficient (Wildman–Crippen LogP) is 6.64. The Bertz CT molecular complexity index is 1340. The lowest BCUT2D eigenvalue weighted by Gasteiger charge is -2.24.